The number of H-pyrrole nitrogens is 1. The van der Waals surface area contributed by atoms with Crippen LogP contribution in [0.15, 0.2) is 48.0 Å². The maximum absolute atomic E-state index is 12.6. The zero-order chi connectivity index (χ0) is 23.0. The fourth-order valence-electron chi connectivity index (χ4n) is 3.77. The number of aromatic amines is 1. The number of sulfonamides is 1. The molecule has 4 aromatic heterocycles. The first kappa shape index (κ1) is 21.5. The largest absolute Gasteiger partial charge is 0.391 e. The second-order valence-electron chi connectivity index (χ2n) is 7.70. The predicted octanol–water partition coefficient (Wildman–Crippen LogP) is 2.37. The van der Waals surface area contributed by atoms with E-state index in [9.17, 15) is 13.5 Å². The minimum atomic E-state index is -3.81. The highest BCUT2D eigenvalue weighted by Gasteiger charge is 2.34. The average molecular weight is 482 g/mol. The zero-order valence-electron chi connectivity index (χ0n) is 17.2. The smallest absolute Gasteiger partial charge is 0.258 e. The van der Waals surface area contributed by atoms with Crippen LogP contribution in [0.2, 0.25) is 0 Å². The second kappa shape index (κ2) is 8.53. The van der Waals surface area contributed by atoms with Crippen molar-refractivity contribution in [1.82, 2.24) is 24.7 Å². The summed E-state index contributed by atoms with van der Waals surface area (Å²) in [6, 6.07) is 6.38. The Balaban J connectivity index is 1.32. The van der Waals surface area contributed by atoms with Crippen LogP contribution in [-0.4, -0.2) is 45.5 Å². The van der Waals surface area contributed by atoms with Gasteiger partial charge >= 0.3 is 0 Å². The van der Waals surface area contributed by atoms with Crippen LogP contribution in [-0.2, 0) is 16.6 Å². The first-order chi connectivity index (χ1) is 16.0. The van der Waals surface area contributed by atoms with Crippen LogP contribution in [0.3, 0.4) is 0 Å². The standard InChI is InChI=1S/C21H19N7O3S2/c22-8-12-1-3-23-18(5-12)33(30,31)28-14-6-13(7-14)27-19-16-2-4-24-20(16)25-10-17(19)21-26-9-15(11-29)32-21/h1-5,9-10,13-14,28-29H,6-7,11H2,(H2,24,25,27). The molecule has 0 saturated heterocycles. The molecule has 0 aliphatic heterocycles. The Bertz CT molecular complexity index is 1470. The Hall–Kier alpha value is -3.37. The normalized spacial score (nSPS) is 18.1. The first-order valence-electron chi connectivity index (χ1n) is 10.1. The molecule has 0 spiro atoms. The lowest BCUT2D eigenvalue weighted by atomic mass is 9.87. The van der Waals surface area contributed by atoms with Crippen molar-refractivity contribution in [3.05, 3.63) is 53.4 Å². The van der Waals surface area contributed by atoms with Crippen LogP contribution in [0.25, 0.3) is 21.6 Å². The lowest BCUT2D eigenvalue weighted by Gasteiger charge is -2.37. The van der Waals surface area contributed by atoms with Crippen LogP contribution in [0.5, 0.6) is 0 Å². The van der Waals surface area contributed by atoms with E-state index in [-0.39, 0.29) is 29.3 Å². The van der Waals surface area contributed by atoms with Gasteiger partial charge in [0, 0.05) is 42.3 Å². The number of aliphatic hydroxyl groups excluding tert-OH is 1. The Morgan fingerprint density at radius 2 is 2.06 bits per heavy atom. The highest BCUT2D eigenvalue weighted by molar-refractivity contribution is 7.89. The monoisotopic (exact) mass is 481 g/mol. The summed E-state index contributed by atoms with van der Waals surface area (Å²) < 4.78 is 27.9. The molecule has 4 N–H and O–H groups in total. The van der Waals surface area contributed by atoms with Crippen LogP contribution in [0.4, 0.5) is 5.69 Å². The molecule has 0 unspecified atom stereocenters. The number of nitriles is 1. The van der Waals surface area contributed by atoms with E-state index in [2.05, 4.69) is 30.0 Å². The topological polar surface area (TPSA) is 157 Å². The summed E-state index contributed by atoms with van der Waals surface area (Å²) in [5, 5.41) is 23.4. The quantitative estimate of drug-likeness (QED) is 0.313. The van der Waals surface area contributed by atoms with Crippen LogP contribution in [0.1, 0.15) is 23.3 Å². The molecule has 168 valence electrons. The summed E-state index contributed by atoms with van der Waals surface area (Å²) in [4.78, 5) is 16.6. The highest BCUT2D eigenvalue weighted by Crippen LogP contribution is 2.38. The number of fused-ring (bicyclic) bond motifs is 1. The van der Waals surface area contributed by atoms with Gasteiger partial charge in [0.2, 0.25) is 0 Å². The van der Waals surface area contributed by atoms with Gasteiger partial charge in [-0.25, -0.2) is 28.1 Å². The molecule has 4 heterocycles. The van der Waals surface area contributed by atoms with Gasteiger partial charge in [0.1, 0.15) is 10.7 Å². The molecule has 5 rings (SSSR count). The number of anilines is 1. The van der Waals surface area contributed by atoms with Crippen LogP contribution in [0, 0.1) is 11.3 Å². The Labute approximate surface area is 193 Å². The molecule has 33 heavy (non-hydrogen) atoms. The van der Waals surface area contributed by atoms with Crippen molar-refractivity contribution in [1.29, 1.82) is 5.26 Å². The third-order valence-electron chi connectivity index (χ3n) is 5.47. The van der Waals surface area contributed by atoms with Gasteiger partial charge in [-0.15, -0.1) is 11.3 Å². The molecule has 0 atom stereocenters. The molecule has 1 aliphatic carbocycles. The first-order valence-corrected chi connectivity index (χ1v) is 12.4. The van der Waals surface area contributed by atoms with Gasteiger partial charge in [-0.05, 0) is 31.0 Å². The van der Waals surface area contributed by atoms with Crippen molar-refractivity contribution in [3.8, 4) is 16.6 Å². The summed E-state index contributed by atoms with van der Waals surface area (Å²) in [5.41, 5.74) is 2.68. The Kier molecular flexibility index (Phi) is 5.55. The van der Waals surface area contributed by atoms with Crippen LogP contribution < -0.4 is 10.0 Å². The average Bonchev–Trinajstić information content (AvgIpc) is 3.47. The molecule has 0 amide bonds. The molecular formula is C21H19N7O3S2. The maximum atomic E-state index is 12.6. The van der Waals surface area contributed by atoms with Crippen molar-refractivity contribution >= 4 is 38.1 Å². The Morgan fingerprint density at radius 3 is 2.82 bits per heavy atom. The van der Waals surface area contributed by atoms with Crippen LogP contribution >= 0.6 is 11.3 Å². The maximum Gasteiger partial charge on any atom is 0.258 e. The van der Waals surface area contributed by atoms with Crippen molar-refractivity contribution in [3.63, 3.8) is 0 Å². The van der Waals surface area contributed by atoms with Crippen molar-refractivity contribution in [2.24, 2.45) is 0 Å². The molecule has 0 radical (unpaired) electrons. The van der Waals surface area contributed by atoms with Gasteiger partial charge in [0.05, 0.1) is 34.4 Å². The van der Waals surface area contributed by atoms with E-state index in [0.717, 1.165) is 32.2 Å². The Morgan fingerprint density at radius 1 is 1.21 bits per heavy atom. The minimum Gasteiger partial charge on any atom is -0.391 e. The number of hydrogen-bond acceptors (Lipinski definition) is 9. The number of thiazole rings is 1. The summed E-state index contributed by atoms with van der Waals surface area (Å²) in [6.07, 6.45) is 7.69. The second-order valence-corrected chi connectivity index (χ2v) is 10.5. The van der Waals surface area contributed by atoms with E-state index in [1.54, 1.807) is 12.4 Å². The van der Waals surface area contributed by atoms with E-state index < -0.39 is 10.0 Å². The van der Waals surface area contributed by atoms with Gasteiger partial charge < -0.3 is 15.4 Å². The van der Waals surface area contributed by atoms with E-state index in [4.69, 9.17) is 5.26 Å². The van der Waals surface area contributed by atoms with E-state index in [1.165, 1.54) is 29.7 Å². The lowest BCUT2D eigenvalue weighted by molar-refractivity contribution is 0.285. The summed E-state index contributed by atoms with van der Waals surface area (Å²) in [5.74, 6) is 0. The number of pyridine rings is 2. The van der Waals surface area contributed by atoms with Crippen molar-refractivity contribution in [2.75, 3.05) is 5.32 Å². The van der Waals surface area contributed by atoms with Crippen molar-refractivity contribution < 1.29 is 13.5 Å². The lowest BCUT2D eigenvalue weighted by Crippen LogP contribution is -2.49. The molecule has 0 aromatic carbocycles. The minimum absolute atomic E-state index is 0.0487. The van der Waals surface area contributed by atoms with Gasteiger partial charge in [-0.1, -0.05) is 0 Å². The predicted molar refractivity (Wildman–Crippen MR) is 123 cm³/mol. The van der Waals surface area contributed by atoms with Crippen molar-refractivity contribution in [2.45, 2.75) is 36.6 Å². The number of hydrogen-bond donors (Lipinski definition) is 4. The molecule has 1 fully saturated rings. The van der Waals surface area contributed by atoms with E-state index in [1.807, 2.05) is 18.3 Å². The summed E-state index contributed by atoms with van der Waals surface area (Å²) in [6.45, 7) is -0.0726. The van der Waals surface area contributed by atoms with E-state index >= 15 is 0 Å². The van der Waals surface area contributed by atoms with Gasteiger partial charge in [0.25, 0.3) is 10.0 Å². The highest BCUT2D eigenvalue weighted by atomic mass is 32.2. The summed E-state index contributed by atoms with van der Waals surface area (Å²) in [7, 11) is -3.81. The molecular weight excluding hydrogens is 462 g/mol. The number of aliphatic hydroxyl groups is 1. The third-order valence-corrected chi connectivity index (χ3v) is 7.91. The molecule has 4 aromatic rings. The number of nitrogens with one attached hydrogen (secondary N) is 3. The molecule has 12 heteroatoms. The fourth-order valence-corrected chi connectivity index (χ4v) is 5.79. The van der Waals surface area contributed by atoms with E-state index in [0.29, 0.717) is 12.8 Å². The number of nitrogens with zero attached hydrogens (tertiary/aromatic N) is 4. The summed E-state index contributed by atoms with van der Waals surface area (Å²) >= 11 is 1.40. The van der Waals surface area contributed by atoms with Gasteiger partial charge in [-0.2, -0.15) is 5.26 Å². The zero-order valence-corrected chi connectivity index (χ0v) is 18.8. The van der Waals surface area contributed by atoms with Gasteiger partial charge in [0.15, 0.2) is 5.03 Å². The molecule has 10 nitrogen and oxygen atoms in total. The molecule has 1 saturated carbocycles. The SMILES string of the molecule is N#Cc1ccnc(S(=O)(=O)NC2CC(Nc3c(-c4ncc(CO)s4)cnc4[nH]ccc34)C2)c1. The molecule has 1 aliphatic rings. The molecule has 0 bridgehead atoms. The fraction of sp³-hybridized carbons (Fsp3) is 0.238. The third kappa shape index (κ3) is 4.19. The number of rotatable bonds is 7. The number of aromatic nitrogens is 4. The van der Waals surface area contributed by atoms with Gasteiger partial charge in [-0.3, -0.25) is 0 Å².